The number of ketones is 1. The topological polar surface area (TPSA) is 17.1 Å². The average Bonchev–Trinajstić information content (AvgIpc) is 2.17. The number of rotatable bonds is 0. The van der Waals surface area contributed by atoms with Crippen LogP contribution in [-0.2, 0) is 16.6 Å². The lowest BCUT2D eigenvalue weighted by Crippen LogP contribution is -2.34. The second kappa shape index (κ2) is 3.31. The molecule has 0 N–H and O–H groups in total. The molecule has 1 aliphatic rings. The zero-order valence-electron chi connectivity index (χ0n) is 8.73. The third-order valence-electron chi connectivity index (χ3n) is 3.12. The molecular weight excluding hydrogens is 215 g/mol. The van der Waals surface area contributed by atoms with E-state index in [9.17, 15) is 9.18 Å². The fourth-order valence-corrected chi connectivity index (χ4v) is 2.60. The van der Waals surface area contributed by atoms with Crippen LogP contribution in [0.5, 0.6) is 0 Å². The second-order valence-corrected chi connectivity index (χ2v) is 4.82. The van der Waals surface area contributed by atoms with Crippen molar-refractivity contribution < 1.29 is 9.18 Å². The molecule has 0 unspecified atom stereocenters. The fourth-order valence-electron chi connectivity index (χ4n) is 2.17. The first kappa shape index (κ1) is 10.6. The van der Waals surface area contributed by atoms with Crippen LogP contribution < -0.4 is 0 Å². The Morgan fingerprint density at radius 3 is 2.67 bits per heavy atom. The third kappa shape index (κ3) is 1.48. The van der Waals surface area contributed by atoms with Gasteiger partial charge in [0.2, 0.25) is 0 Å². The number of fused-ring (bicyclic) bond motifs is 1. The van der Waals surface area contributed by atoms with Gasteiger partial charge in [-0.1, -0.05) is 17.7 Å². The molecule has 0 atom stereocenters. The maximum Gasteiger partial charge on any atom is 0.143 e. The van der Waals surface area contributed by atoms with Crippen LogP contribution in [0.2, 0.25) is 5.02 Å². The number of carbonyl (C=O) groups excluding carboxylic acids is 1. The summed E-state index contributed by atoms with van der Waals surface area (Å²) in [6.07, 6.45) is 1.18. The van der Waals surface area contributed by atoms with Gasteiger partial charge in [-0.3, -0.25) is 4.79 Å². The number of benzene rings is 1. The van der Waals surface area contributed by atoms with E-state index in [4.69, 9.17) is 11.6 Å². The van der Waals surface area contributed by atoms with Crippen molar-refractivity contribution in [2.24, 2.45) is 0 Å². The van der Waals surface area contributed by atoms with Crippen molar-refractivity contribution in [2.75, 3.05) is 0 Å². The van der Waals surface area contributed by atoms with Crippen molar-refractivity contribution in [1.29, 1.82) is 0 Å². The molecule has 1 aliphatic carbocycles. The van der Waals surface area contributed by atoms with Gasteiger partial charge in [-0.25, -0.2) is 4.39 Å². The average molecular weight is 227 g/mol. The van der Waals surface area contributed by atoms with Gasteiger partial charge in [-0.05, 0) is 37.5 Å². The van der Waals surface area contributed by atoms with Crippen LogP contribution in [-0.4, -0.2) is 5.78 Å². The van der Waals surface area contributed by atoms with Crippen molar-refractivity contribution in [3.63, 3.8) is 0 Å². The van der Waals surface area contributed by atoms with Crippen molar-refractivity contribution >= 4 is 17.4 Å². The Hall–Kier alpha value is -0.890. The van der Waals surface area contributed by atoms with Crippen molar-refractivity contribution in [3.05, 3.63) is 34.1 Å². The van der Waals surface area contributed by atoms with Crippen molar-refractivity contribution in [2.45, 2.75) is 32.1 Å². The molecule has 0 spiro atoms. The summed E-state index contributed by atoms with van der Waals surface area (Å²) in [6.45, 7) is 3.61. The lowest BCUT2D eigenvalue weighted by Gasteiger charge is -2.31. The van der Waals surface area contributed by atoms with Gasteiger partial charge in [0, 0.05) is 6.42 Å². The number of hydrogen-bond donors (Lipinski definition) is 0. The molecule has 15 heavy (non-hydrogen) atoms. The highest BCUT2D eigenvalue weighted by Gasteiger charge is 2.37. The first-order valence-corrected chi connectivity index (χ1v) is 5.33. The molecular formula is C12H12ClFO. The molecule has 0 aliphatic heterocycles. The highest BCUT2D eigenvalue weighted by atomic mass is 35.5. The first-order valence-electron chi connectivity index (χ1n) is 4.95. The molecule has 2 rings (SSSR count). The van der Waals surface area contributed by atoms with Crippen LogP contribution in [0.3, 0.4) is 0 Å². The van der Waals surface area contributed by atoms with E-state index in [1.165, 1.54) is 6.07 Å². The van der Waals surface area contributed by atoms with Crippen LogP contribution in [0.4, 0.5) is 4.39 Å². The maximum absolute atomic E-state index is 13.3. The molecule has 1 aromatic carbocycles. The molecule has 0 saturated carbocycles. The van der Waals surface area contributed by atoms with E-state index < -0.39 is 11.2 Å². The lowest BCUT2D eigenvalue weighted by molar-refractivity contribution is -0.124. The second-order valence-electron chi connectivity index (χ2n) is 4.44. The predicted octanol–water partition coefficient (Wildman–Crippen LogP) is 3.27. The smallest absolute Gasteiger partial charge is 0.143 e. The molecule has 0 radical (unpaired) electrons. The van der Waals surface area contributed by atoms with Gasteiger partial charge >= 0.3 is 0 Å². The Morgan fingerprint density at radius 1 is 1.33 bits per heavy atom. The molecule has 1 nitrogen and oxygen atoms in total. The van der Waals surface area contributed by atoms with Gasteiger partial charge in [0.1, 0.15) is 11.6 Å². The van der Waals surface area contributed by atoms with Crippen LogP contribution in [0.25, 0.3) is 0 Å². The van der Waals surface area contributed by atoms with E-state index in [0.717, 1.165) is 5.56 Å². The number of Topliss-reactive ketones (excluding diaryl/α,β-unsaturated/α-hetero) is 1. The van der Waals surface area contributed by atoms with Crippen LogP contribution >= 0.6 is 11.6 Å². The largest absolute Gasteiger partial charge is 0.299 e. The molecule has 0 saturated heterocycles. The number of hydrogen-bond acceptors (Lipinski definition) is 1. The van der Waals surface area contributed by atoms with Crippen molar-refractivity contribution in [3.8, 4) is 0 Å². The fraction of sp³-hybridized carbons (Fsp3) is 0.417. The monoisotopic (exact) mass is 226 g/mol. The molecule has 0 aromatic heterocycles. The van der Waals surface area contributed by atoms with Gasteiger partial charge in [-0.15, -0.1) is 0 Å². The zero-order valence-corrected chi connectivity index (χ0v) is 9.49. The Balaban J connectivity index is 2.72. The van der Waals surface area contributed by atoms with E-state index >= 15 is 0 Å². The van der Waals surface area contributed by atoms with E-state index in [0.29, 0.717) is 18.4 Å². The summed E-state index contributed by atoms with van der Waals surface area (Å²) in [5.41, 5.74) is 0.999. The summed E-state index contributed by atoms with van der Waals surface area (Å²) in [5.74, 6) is -0.319. The maximum atomic E-state index is 13.3. The Labute approximate surface area is 93.2 Å². The minimum absolute atomic E-state index is 0.102. The molecule has 1 aromatic rings. The van der Waals surface area contributed by atoms with E-state index in [2.05, 4.69) is 0 Å². The molecule has 0 fully saturated rings. The molecule has 3 heteroatoms. The quantitative estimate of drug-likeness (QED) is 0.664. The molecule has 0 bridgehead atoms. The minimum Gasteiger partial charge on any atom is -0.299 e. The standard InChI is InChI=1S/C12H12ClFO/c1-12(2)9(15)6-4-7-3-5-8(14)11(13)10(7)12/h3,5H,4,6H2,1-2H3. The summed E-state index contributed by atoms with van der Waals surface area (Å²) in [4.78, 5) is 11.8. The summed E-state index contributed by atoms with van der Waals surface area (Å²) in [7, 11) is 0. The van der Waals surface area contributed by atoms with Crippen LogP contribution in [0.1, 0.15) is 31.4 Å². The van der Waals surface area contributed by atoms with E-state index in [1.807, 2.05) is 0 Å². The van der Waals surface area contributed by atoms with Gasteiger partial charge in [0.05, 0.1) is 10.4 Å². The summed E-state index contributed by atoms with van der Waals surface area (Å²) < 4.78 is 13.3. The highest BCUT2D eigenvalue weighted by molar-refractivity contribution is 6.32. The highest BCUT2D eigenvalue weighted by Crippen LogP contribution is 2.39. The van der Waals surface area contributed by atoms with Gasteiger partial charge in [-0.2, -0.15) is 0 Å². The minimum atomic E-state index is -0.660. The third-order valence-corrected chi connectivity index (χ3v) is 3.49. The molecule has 0 amide bonds. The van der Waals surface area contributed by atoms with Gasteiger partial charge < -0.3 is 0 Å². The summed E-state index contributed by atoms with van der Waals surface area (Å²) >= 11 is 5.93. The molecule has 0 heterocycles. The number of aryl methyl sites for hydroxylation is 1. The van der Waals surface area contributed by atoms with Gasteiger partial charge in [0.15, 0.2) is 0 Å². The van der Waals surface area contributed by atoms with Crippen molar-refractivity contribution in [1.82, 2.24) is 0 Å². The van der Waals surface area contributed by atoms with E-state index in [1.54, 1.807) is 19.9 Å². The van der Waals surface area contributed by atoms with Crippen LogP contribution in [0.15, 0.2) is 12.1 Å². The normalized spacial score (nSPS) is 18.8. The van der Waals surface area contributed by atoms with E-state index in [-0.39, 0.29) is 10.8 Å². The Morgan fingerprint density at radius 2 is 2.00 bits per heavy atom. The van der Waals surface area contributed by atoms with Gasteiger partial charge in [0.25, 0.3) is 0 Å². The SMILES string of the molecule is CC1(C)C(=O)CCc2ccc(F)c(Cl)c21. The predicted molar refractivity (Wildman–Crippen MR) is 57.8 cm³/mol. The summed E-state index contributed by atoms with van der Waals surface area (Å²) in [6, 6.07) is 3.10. The first-order chi connectivity index (χ1) is 6.94. The molecule has 80 valence electrons. The number of carbonyl (C=O) groups is 1. The number of halogens is 2. The Kier molecular flexibility index (Phi) is 2.34. The lowest BCUT2D eigenvalue weighted by atomic mass is 9.72. The summed E-state index contributed by atoms with van der Waals surface area (Å²) in [5, 5.41) is 0.102. The Bertz CT molecular complexity index is 437. The van der Waals surface area contributed by atoms with Crippen LogP contribution in [0, 0.1) is 5.82 Å². The zero-order chi connectivity index (χ0) is 11.2.